The molecule has 3 aromatic carbocycles. The lowest BCUT2D eigenvalue weighted by molar-refractivity contribution is -0.117. The SMILES string of the molecule is N#C/C(=C\c1cn(Cc2ccccc2)c2ccc(Br)cc12)C(=O)NCc1ccc2c(c1)OCO2. The van der Waals surface area contributed by atoms with Gasteiger partial charge in [0.05, 0.1) is 0 Å². The molecule has 1 aliphatic heterocycles. The van der Waals surface area contributed by atoms with Gasteiger partial charge in [-0.2, -0.15) is 5.26 Å². The van der Waals surface area contributed by atoms with Crippen molar-refractivity contribution in [3.8, 4) is 17.6 Å². The van der Waals surface area contributed by atoms with Crippen LogP contribution in [0.15, 0.2) is 83.0 Å². The zero-order chi connectivity index (χ0) is 23.5. The van der Waals surface area contributed by atoms with Gasteiger partial charge in [0.2, 0.25) is 6.79 Å². The zero-order valence-electron chi connectivity index (χ0n) is 18.1. The van der Waals surface area contributed by atoms with Gasteiger partial charge in [-0.05, 0) is 47.5 Å². The van der Waals surface area contributed by atoms with Crippen molar-refractivity contribution in [1.29, 1.82) is 5.26 Å². The molecule has 0 saturated carbocycles. The molecule has 34 heavy (non-hydrogen) atoms. The Hall–Kier alpha value is -4.02. The van der Waals surface area contributed by atoms with Gasteiger partial charge in [0, 0.05) is 40.2 Å². The first-order valence-electron chi connectivity index (χ1n) is 10.7. The second-order valence-electron chi connectivity index (χ2n) is 7.90. The van der Waals surface area contributed by atoms with Crippen molar-refractivity contribution in [3.05, 3.63) is 99.7 Å². The van der Waals surface area contributed by atoms with E-state index in [4.69, 9.17) is 9.47 Å². The van der Waals surface area contributed by atoms with Crippen LogP contribution in [0.2, 0.25) is 0 Å². The molecule has 5 rings (SSSR count). The molecule has 0 spiro atoms. The molecule has 4 aromatic rings. The fourth-order valence-electron chi connectivity index (χ4n) is 3.96. The van der Waals surface area contributed by atoms with Crippen LogP contribution in [0.25, 0.3) is 17.0 Å². The lowest BCUT2D eigenvalue weighted by Crippen LogP contribution is -2.23. The summed E-state index contributed by atoms with van der Waals surface area (Å²) in [5.74, 6) is 0.907. The molecule has 0 fully saturated rings. The van der Waals surface area contributed by atoms with E-state index in [0.29, 0.717) is 18.0 Å². The predicted octanol–water partition coefficient (Wildman–Crippen LogP) is 5.40. The molecule has 168 valence electrons. The van der Waals surface area contributed by atoms with Gasteiger partial charge in [-0.15, -0.1) is 0 Å². The van der Waals surface area contributed by atoms with E-state index in [-0.39, 0.29) is 18.9 Å². The van der Waals surface area contributed by atoms with Crippen LogP contribution in [0.4, 0.5) is 0 Å². The van der Waals surface area contributed by atoms with Crippen molar-refractivity contribution in [1.82, 2.24) is 9.88 Å². The summed E-state index contributed by atoms with van der Waals surface area (Å²) in [6.07, 6.45) is 3.62. The molecular weight excluding hydrogens is 494 g/mol. The van der Waals surface area contributed by atoms with Gasteiger partial charge in [0.1, 0.15) is 11.6 Å². The summed E-state index contributed by atoms with van der Waals surface area (Å²) in [6, 6.07) is 23.7. The highest BCUT2D eigenvalue weighted by atomic mass is 79.9. The molecule has 1 aliphatic rings. The Morgan fingerprint density at radius 3 is 2.71 bits per heavy atom. The van der Waals surface area contributed by atoms with Crippen LogP contribution in [0.5, 0.6) is 11.5 Å². The van der Waals surface area contributed by atoms with Crippen molar-refractivity contribution < 1.29 is 14.3 Å². The number of hydrogen-bond acceptors (Lipinski definition) is 4. The second kappa shape index (κ2) is 9.46. The lowest BCUT2D eigenvalue weighted by Gasteiger charge is -2.05. The normalized spacial score (nSPS) is 12.5. The summed E-state index contributed by atoms with van der Waals surface area (Å²) in [6.45, 7) is 1.15. The highest BCUT2D eigenvalue weighted by Crippen LogP contribution is 2.32. The standard InChI is InChI=1S/C27H20BrN3O3/c28-22-7-8-24-23(12-22)21(16-31(24)15-18-4-2-1-3-5-18)11-20(13-29)27(32)30-14-19-6-9-25-26(10-19)34-17-33-25/h1-12,16H,14-15,17H2,(H,30,32)/b20-11+. The molecule has 0 bridgehead atoms. The Morgan fingerprint density at radius 2 is 1.88 bits per heavy atom. The fraction of sp³-hybridized carbons (Fsp3) is 0.111. The number of nitrogens with one attached hydrogen (secondary N) is 1. The molecule has 7 heteroatoms. The van der Waals surface area contributed by atoms with Gasteiger partial charge in [-0.1, -0.05) is 52.3 Å². The quantitative estimate of drug-likeness (QED) is 0.276. The summed E-state index contributed by atoms with van der Waals surface area (Å²) >= 11 is 3.53. The lowest BCUT2D eigenvalue weighted by atomic mass is 10.1. The van der Waals surface area contributed by atoms with E-state index in [1.807, 2.05) is 66.9 Å². The monoisotopic (exact) mass is 513 g/mol. The Bertz CT molecular complexity index is 1450. The topological polar surface area (TPSA) is 76.3 Å². The average molecular weight is 514 g/mol. The summed E-state index contributed by atoms with van der Waals surface area (Å²) in [7, 11) is 0. The summed E-state index contributed by atoms with van der Waals surface area (Å²) in [5.41, 5.74) is 3.90. The minimum Gasteiger partial charge on any atom is -0.454 e. The number of aromatic nitrogens is 1. The number of nitrogens with zero attached hydrogens (tertiary/aromatic N) is 2. The van der Waals surface area contributed by atoms with E-state index in [9.17, 15) is 10.1 Å². The third-order valence-electron chi connectivity index (χ3n) is 5.62. The maximum atomic E-state index is 12.8. The number of amides is 1. The first-order valence-corrected chi connectivity index (χ1v) is 11.5. The number of halogens is 1. The van der Waals surface area contributed by atoms with Crippen molar-refractivity contribution in [2.75, 3.05) is 6.79 Å². The molecule has 1 aromatic heterocycles. The molecule has 0 atom stereocenters. The number of nitriles is 1. The Balaban J connectivity index is 1.40. The summed E-state index contributed by atoms with van der Waals surface area (Å²) in [5, 5.41) is 13.5. The van der Waals surface area contributed by atoms with Gasteiger partial charge >= 0.3 is 0 Å². The van der Waals surface area contributed by atoms with E-state index < -0.39 is 5.91 Å². The molecule has 0 aliphatic carbocycles. The Morgan fingerprint density at radius 1 is 1.06 bits per heavy atom. The Labute approximate surface area is 205 Å². The van der Waals surface area contributed by atoms with Gasteiger partial charge in [0.25, 0.3) is 5.91 Å². The summed E-state index contributed by atoms with van der Waals surface area (Å²) in [4.78, 5) is 12.8. The van der Waals surface area contributed by atoms with Crippen molar-refractivity contribution >= 4 is 38.8 Å². The minimum atomic E-state index is -0.431. The molecule has 0 unspecified atom stereocenters. The summed E-state index contributed by atoms with van der Waals surface area (Å²) < 4.78 is 13.8. The first-order chi connectivity index (χ1) is 16.6. The van der Waals surface area contributed by atoms with Gasteiger partial charge in [-0.25, -0.2) is 0 Å². The number of rotatable bonds is 6. The van der Waals surface area contributed by atoms with Crippen LogP contribution in [0, 0.1) is 11.3 Å². The van der Waals surface area contributed by atoms with E-state index in [2.05, 4.69) is 37.9 Å². The number of carbonyl (C=O) groups excluding carboxylic acids is 1. The Kier molecular flexibility index (Phi) is 6.07. The maximum absolute atomic E-state index is 12.8. The molecule has 6 nitrogen and oxygen atoms in total. The van der Waals surface area contributed by atoms with Crippen LogP contribution in [0.3, 0.4) is 0 Å². The van der Waals surface area contributed by atoms with Crippen molar-refractivity contribution in [2.45, 2.75) is 13.1 Å². The second-order valence-corrected chi connectivity index (χ2v) is 8.82. The molecule has 0 radical (unpaired) electrons. The highest BCUT2D eigenvalue weighted by molar-refractivity contribution is 9.10. The molecule has 0 saturated heterocycles. The van der Waals surface area contributed by atoms with E-state index in [1.54, 1.807) is 6.08 Å². The number of carbonyl (C=O) groups is 1. The largest absolute Gasteiger partial charge is 0.454 e. The van der Waals surface area contributed by atoms with E-state index >= 15 is 0 Å². The third-order valence-corrected chi connectivity index (χ3v) is 6.12. The van der Waals surface area contributed by atoms with Crippen LogP contribution >= 0.6 is 15.9 Å². The van der Waals surface area contributed by atoms with E-state index in [1.165, 1.54) is 5.56 Å². The van der Waals surface area contributed by atoms with Crippen LogP contribution in [-0.2, 0) is 17.9 Å². The maximum Gasteiger partial charge on any atom is 0.262 e. The fourth-order valence-corrected chi connectivity index (χ4v) is 4.32. The highest BCUT2D eigenvalue weighted by Gasteiger charge is 2.16. The van der Waals surface area contributed by atoms with Gasteiger partial charge in [-0.3, -0.25) is 4.79 Å². The van der Waals surface area contributed by atoms with Gasteiger partial charge in [0.15, 0.2) is 11.5 Å². The molecule has 1 amide bonds. The smallest absolute Gasteiger partial charge is 0.262 e. The van der Waals surface area contributed by atoms with Crippen LogP contribution < -0.4 is 14.8 Å². The van der Waals surface area contributed by atoms with Crippen LogP contribution in [-0.4, -0.2) is 17.3 Å². The third kappa shape index (κ3) is 4.54. The van der Waals surface area contributed by atoms with Crippen LogP contribution in [0.1, 0.15) is 16.7 Å². The van der Waals surface area contributed by atoms with Crippen molar-refractivity contribution in [3.63, 3.8) is 0 Å². The number of hydrogen-bond donors (Lipinski definition) is 1. The zero-order valence-corrected chi connectivity index (χ0v) is 19.7. The number of fused-ring (bicyclic) bond motifs is 2. The predicted molar refractivity (Wildman–Crippen MR) is 133 cm³/mol. The average Bonchev–Trinajstić information content (AvgIpc) is 3.45. The van der Waals surface area contributed by atoms with Crippen molar-refractivity contribution in [2.24, 2.45) is 0 Å². The molecule has 1 N–H and O–H groups in total. The first kappa shape index (κ1) is 21.8. The van der Waals surface area contributed by atoms with E-state index in [0.717, 1.165) is 26.5 Å². The molecule has 2 heterocycles. The number of benzene rings is 3. The van der Waals surface area contributed by atoms with Gasteiger partial charge < -0.3 is 19.4 Å². The number of ether oxygens (including phenoxy) is 2. The minimum absolute atomic E-state index is 0.0412. The molecular formula is C27H20BrN3O3.